The molecule has 0 radical (unpaired) electrons. The first-order chi connectivity index (χ1) is 14.4. The Kier molecular flexibility index (Phi) is 6.32. The van der Waals surface area contributed by atoms with Crippen LogP contribution in [0.2, 0.25) is 0 Å². The lowest BCUT2D eigenvalue weighted by molar-refractivity contribution is -0.384. The largest absolute Gasteiger partial charge is 0.488 e. The van der Waals surface area contributed by atoms with Crippen LogP contribution in [0.5, 0.6) is 5.75 Å². The average molecular weight is 415 g/mol. The van der Waals surface area contributed by atoms with Crippen molar-refractivity contribution in [3.05, 3.63) is 69.8 Å². The van der Waals surface area contributed by atoms with Gasteiger partial charge in [-0.15, -0.1) is 5.10 Å². The Balaban J connectivity index is 1.76. The van der Waals surface area contributed by atoms with Gasteiger partial charge in [0.15, 0.2) is 17.3 Å². The first-order valence-corrected chi connectivity index (χ1v) is 8.80. The maximum atomic E-state index is 14.1. The van der Waals surface area contributed by atoms with Crippen LogP contribution in [0.3, 0.4) is 0 Å². The molecule has 3 rings (SSSR count). The molecule has 1 amide bonds. The number of non-ortho nitro benzene ring substituents is 1. The second kappa shape index (κ2) is 9.09. The minimum absolute atomic E-state index is 0.00216. The number of nitrogens with one attached hydrogen (secondary N) is 1. The fourth-order valence-electron chi connectivity index (χ4n) is 2.64. The second-order valence-corrected chi connectivity index (χ2v) is 6.15. The normalized spacial score (nSPS) is 10.6. The molecule has 30 heavy (non-hydrogen) atoms. The third-order valence-electron chi connectivity index (χ3n) is 4.13. The highest BCUT2D eigenvalue weighted by atomic mass is 19.1. The summed E-state index contributed by atoms with van der Waals surface area (Å²) in [5.41, 5.74) is 0.852. The van der Waals surface area contributed by atoms with Gasteiger partial charge in [-0.3, -0.25) is 14.9 Å². The van der Waals surface area contributed by atoms with Crippen LogP contribution in [-0.4, -0.2) is 46.1 Å². The van der Waals surface area contributed by atoms with Crippen molar-refractivity contribution in [1.29, 1.82) is 0 Å². The predicted octanol–water partition coefficient (Wildman–Crippen LogP) is 2.90. The molecule has 0 saturated carbocycles. The van der Waals surface area contributed by atoms with Gasteiger partial charge in [0.1, 0.15) is 6.61 Å². The van der Waals surface area contributed by atoms with Gasteiger partial charge in [-0.1, -0.05) is 11.3 Å². The highest BCUT2D eigenvalue weighted by Gasteiger charge is 2.19. The van der Waals surface area contributed by atoms with E-state index in [4.69, 9.17) is 9.47 Å². The molecule has 0 aliphatic rings. The van der Waals surface area contributed by atoms with Crippen LogP contribution in [0.1, 0.15) is 16.2 Å². The third-order valence-corrected chi connectivity index (χ3v) is 4.13. The average Bonchev–Trinajstić information content (AvgIpc) is 3.11. The van der Waals surface area contributed by atoms with Gasteiger partial charge in [-0.2, -0.15) is 0 Å². The zero-order valence-electron chi connectivity index (χ0n) is 16.2. The minimum Gasteiger partial charge on any atom is -0.488 e. The Bertz CT molecular complexity index is 1080. The quantitative estimate of drug-likeness (QED) is 0.341. The first-order valence-electron chi connectivity index (χ1n) is 8.80. The summed E-state index contributed by atoms with van der Waals surface area (Å²) >= 11 is 0. The van der Waals surface area contributed by atoms with Crippen molar-refractivity contribution in [3.63, 3.8) is 0 Å². The van der Waals surface area contributed by atoms with E-state index in [2.05, 4.69) is 15.6 Å². The van der Waals surface area contributed by atoms with Crippen LogP contribution < -0.4 is 10.1 Å². The van der Waals surface area contributed by atoms with Crippen LogP contribution in [0.4, 0.5) is 15.8 Å². The van der Waals surface area contributed by atoms with E-state index < -0.39 is 16.6 Å². The summed E-state index contributed by atoms with van der Waals surface area (Å²) in [6.07, 6.45) is 0. The number of hydrogen-bond acceptors (Lipinski definition) is 7. The molecule has 0 unspecified atom stereocenters. The van der Waals surface area contributed by atoms with Gasteiger partial charge in [0.05, 0.1) is 22.9 Å². The molecular formula is C19H18FN5O5. The van der Waals surface area contributed by atoms with E-state index in [1.807, 2.05) is 0 Å². The number of methoxy groups -OCH3 is 1. The summed E-state index contributed by atoms with van der Waals surface area (Å²) in [4.78, 5) is 23.0. The topological polar surface area (TPSA) is 121 Å². The second-order valence-electron chi connectivity index (χ2n) is 6.15. The maximum absolute atomic E-state index is 14.1. The summed E-state index contributed by atoms with van der Waals surface area (Å²) in [5, 5.41) is 21.3. The first kappa shape index (κ1) is 20.9. The zero-order valence-corrected chi connectivity index (χ0v) is 16.2. The van der Waals surface area contributed by atoms with E-state index in [9.17, 15) is 19.3 Å². The van der Waals surface area contributed by atoms with Crippen molar-refractivity contribution < 1.29 is 23.6 Å². The third kappa shape index (κ3) is 4.58. The van der Waals surface area contributed by atoms with E-state index in [0.717, 1.165) is 6.07 Å². The van der Waals surface area contributed by atoms with Gasteiger partial charge in [-0.25, -0.2) is 9.07 Å². The number of anilines is 1. The zero-order chi connectivity index (χ0) is 21.7. The molecule has 0 spiro atoms. The number of nitrogens with zero attached hydrogens (tertiary/aromatic N) is 4. The van der Waals surface area contributed by atoms with Gasteiger partial charge in [-0.05, 0) is 25.1 Å². The molecule has 0 aliphatic heterocycles. The van der Waals surface area contributed by atoms with E-state index >= 15 is 0 Å². The van der Waals surface area contributed by atoms with Gasteiger partial charge in [0.2, 0.25) is 0 Å². The Hall–Kier alpha value is -3.86. The van der Waals surface area contributed by atoms with Crippen molar-refractivity contribution >= 4 is 17.3 Å². The molecular weight excluding hydrogens is 397 g/mol. The molecule has 0 atom stereocenters. The fourth-order valence-corrected chi connectivity index (χ4v) is 2.64. The molecule has 0 saturated heterocycles. The summed E-state index contributed by atoms with van der Waals surface area (Å²) in [6.45, 7) is 2.11. The Morgan fingerprint density at radius 2 is 2.07 bits per heavy atom. The summed E-state index contributed by atoms with van der Waals surface area (Å²) in [5.74, 6) is -1.20. The van der Waals surface area contributed by atoms with Crippen LogP contribution >= 0.6 is 0 Å². The Morgan fingerprint density at radius 1 is 1.27 bits per heavy atom. The highest BCUT2D eigenvalue weighted by Crippen LogP contribution is 2.22. The van der Waals surface area contributed by atoms with E-state index in [-0.39, 0.29) is 29.4 Å². The van der Waals surface area contributed by atoms with E-state index in [1.54, 1.807) is 13.0 Å². The van der Waals surface area contributed by atoms with E-state index in [0.29, 0.717) is 18.0 Å². The van der Waals surface area contributed by atoms with Crippen molar-refractivity contribution in [2.24, 2.45) is 0 Å². The van der Waals surface area contributed by atoms with Crippen molar-refractivity contribution in [3.8, 4) is 11.4 Å². The summed E-state index contributed by atoms with van der Waals surface area (Å²) in [7, 11) is 1.51. The van der Waals surface area contributed by atoms with Crippen LogP contribution in [-0.2, 0) is 4.74 Å². The van der Waals surface area contributed by atoms with Gasteiger partial charge >= 0.3 is 0 Å². The smallest absolute Gasteiger partial charge is 0.278 e. The molecule has 10 nitrogen and oxygen atoms in total. The molecule has 1 N–H and O–H groups in total. The fraction of sp³-hybridized carbons (Fsp3) is 0.211. The molecule has 0 bridgehead atoms. The van der Waals surface area contributed by atoms with Crippen molar-refractivity contribution in [2.45, 2.75) is 6.92 Å². The molecule has 1 heterocycles. The predicted molar refractivity (Wildman–Crippen MR) is 104 cm³/mol. The molecule has 2 aromatic carbocycles. The number of carbonyl (C=O) groups excluding carboxylic acids is 1. The summed E-state index contributed by atoms with van der Waals surface area (Å²) < 4.78 is 25.5. The molecule has 0 aliphatic carbocycles. The van der Waals surface area contributed by atoms with Crippen LogP contribution in [0, 0.1) is 22.9 Å². The van der Waals surface area contributed by atoms with E-state index in [1.165, 1.54) is 42.1 Å². The highest BCUT2D eigenvalue weighted by molar-refractivity contribution is 6.03. The van der Waals surface area contributed by atoms with Gasteiger partial charge in [0, 0.05) is 31.0 Å². The number of nitro benzene ring substituents is 1. The number of aromatic nitrogens is 3. The lowest BCUT2D eigenvalue weighted by atomic mass is 10.2. The minimum atomic E-state index is -0.638. The standard InChI is InChI=1S/C19H18FN5O5/c1-12-18(22-23-24(12)14-4-3-5-15(11-14)25(27)28)19(26)21-13-6-7-17(16(20)10-13)30-9-8-29-2/h3-7,10-11H,8-9H2,1-2H3,(H,21,26). The maximum Gasteiger partial charge on any atom is 0.278 e. The number of benzene rings is 2. The SMILES string of the molecule is COCCOc1ccc(NC(=O)c2nnn(-c3cccc([N+](=O)[O-])c3)c2C)cc1F. The van der Waals surface area contributed by atoms with Gasteiger partial charge < -0.3 is 14.8 Å². The monoisotopic (exact) mass is 415 g/mol. The summed E-state index contributed by atoms with van der Waals surface area (Å²) in [6, 6.07) is 9.79. The number of carbonyl (C=O) groups is 1. The van der Waals surface area contributed by atoms with Crippen LogP contribution in [0.25, 0.3) is 5.69 Å². The molecule has 1 aromatic heterocycles. The Labute approximate surface area is 170 Å². The van der Waals surface area contributed by atoms with Crippen molar-refractivity contribution in [1.82, 2.24) is 15.0 Å². The lowest BCUT2D eigenvalue weighted by Crippen LogP contribution is -2.14. The van der Waals surface area contributed by atoms with Gasteiger partial charge in [0.25, 0.3) is 11.6 Å². The molecule has 0 fully saturated rings. The Morgan fingerprint density at radius 3 is 2.77 bits per heavy atom. The number of hydrogen-bond donors (Lipinski definition) is 1. The number of ether oxygens (including phenoxy) is 2. The number of rotatable bonds is 8. The molecule has 11 heteroatoms. The number of nitro groups is 1. The number of amides is 1. The molecule has 3 aromatic rings. The van der Waals surface area contributed by atoms with Crippen LogP contribution in [0.15, 0.2) is 42.5 Å². The van der Waals surface area contributed by atoms with Crippen molar-refractivity contribution in [2.75, 3.05) is 25.6 Å². The number of halogens is 1. The lowest BCUT2D eigenvalue weighted by Gasteiger charge is -2.09. The molecule has 156 valence electrons.